The van der Waals surface area contributed by atoms with Crippen molar-refractivity contribution in [1.29, 1.82) is 0 Å². The highest BCUT2D eigenvalue weighted by Gasteiger charge is 2.36. The minimum Gasteiger partial charge on any atom is -0.495 e. The molecule has 1 saturated heterocycles. The van der Waals surface area contributed by atoms with Gasteiger partial charge in [0.25, 0.3) is 0 Å². The first-order valence-electron chi connectivity index (χ1n) is 8.16. The van der Waals surface area contributed by atoms with Gasteiger partial charge in [0.15, 0.2) is 0 Å². The molecule has 1 unspecified atom stereocenters. The summed E-state index contributed by atoms with van der Waals surface area (Å²) in [4.78, 5) is 14.0. The van der Waals surface area contributed by atoms with E-state index in [2.05, 4.69) is 4.72 Å². The van der Waals surface area contributed by atoms with Crippen LogP contribution in [0.4, 0.5) is 10.1 Å². The molecule has 2 aromatic carbocycles. The molecule has 1 aliphatic rings. The quantitative estimate of drug-likeness (QED) is 0.819. The van der Waals surface area contributed by atoms with Gasteiger partial charge in [-0.3, -0.25) is 4.79 Å². The fourth-order valence-electron chi connectivity index (χ4n) is 2.91. The second-order valence-electron chi connectivity index (χ2n) is 6.18. The van der Waals surface area contributed by atoms with E-state index < -0.39 is 16.1 Å². The minimum absolute atomic E-state index is 0.0582. The fourth-order valence-corrected chi connectivity index (χ4v) is 4.48. The highest BCUT2D eigenvalue weighted by molar-refractivity contribution is 7.89. The Morgan fingerprint density at radius 1 is 1.26 bits per heavy atom. The molecule has 1 amide bonds. The summed E-state index contributed by atoms with van der Waals surface area (Å²) in [5.41, 5.74) is 0.949. The van der Waals surface area contributed by atoms with Crippen LogP contribution in [-0.4, -0.2) is 34.0 Å². The number of sulfonamides is 1. The fraction of sp³-hybridized carbons (Fsp3) is 0.278. The van der Waals surface area contributed by atoms with Crippen molar-refractivity contribution in [3.05, 3.63) is 52.8 Å². The van der Waals surface area contributed by atoms with Gasteiger partial charge in [-0.25, -0.2) is 12.8 Å². The van der Waals surface area contributed by atoms with Crippen LogP contribution in [0.15, 0.2) is 41.3 Å². The molecule has 2 aromatic rings. The number of nitrogens with one attached hydrogen (secondary N) is 1. The van der Waals surface area contributed by atoms with Gasteiger partial charge in [-0.2, -0.15) is 4.72 Å². The molecule has 1 heterocycles. The average molecular weight is 413 g/mol. The Bertz CT molecular complexity index is 997. The molecule has 0 aromatic heterocycles. The van der Waals surface area contributed by atoms with Crippen LogP contribution in [0.25, 0.3) is 0 Å². The zero-order valence-electron chi connectivity index (χ0n) is 14.7. The number of rotatable bonds is 5. The number of halogens is 2. The van der Waals surface area contributed by atoms with Crippen molar-refractivity contribution in [1.82, 2.24) is 4.72 Å². The molecule has 0 radical (unpaired) electrons. The van der Waals surface area contributed by atoms with Crippen molar-refractivity contribution in [3.63, 3.8) is 0 Å². The standard InChI is InChI=1S/C18H18ClFN2O4S/c1-11-9-12(3-5-15(11)20)22-8-7-16(18(22)23)21-27(24,25)13-4-6-17(26-2)14(19)10-13/h3-6,9-10,16,21H,7-8H2,1-2H3. The van der Waals surface area contributed by atoms with Crippen molar-refractivity contribution < 1.29 is 22.3 Å². The molecule has 9 heteroatoms. The molecule has 1 aliphatic heterocycles. The minimum atomic E-state index is -3.94. The molecule has 144 valence electrons. The van der Waals surface area contributed by atoms with Crippen LogP contribution in [0.5, 0.6) is 5.75 Å². The predicted molar refractivity (Wildman–Crippen MR) is 100 cm³/mol. The molecular weight excluding hydrogens is 395 g/mol. The van der Waals surface area contributed by atoms with E-state index in [-0.39, 0.29) is 21.6 Å². The van der Waals surface area contributed by atoms with E-state index in [4.69, 9.17) is 16.3 Å². The molecule has 1 N–H and O–H groups in total. The predicted octanol–water partition coefficient (Wildman–Crippen LogP) is 2.88. The van der Waals surface area contributed by atoms with Gasteiger partial charge in [0.05, 0.1) is 17.0 Å². The lowest BCUT2D eigenvalue weighted by Crippen LogP contribution is -2.41. The Balaban J connectivity index is 1.78. The second-order valence-corrected chi connectivity index (χ2v) is 8.30. The van der Waals surface area contributed by atoms with Crippen LogP contribution in [-0.2, 0) is 14.8 Å². The van der Waals surface area contributed by atoms with Crippen molar-refractivity contribution in [2.24, 2.45) is 0 Å². The van der Waals surface area contributed by atoms with Crippen molar-refractivity contribution >= 4 is 33.2 Å². The van der Waals surface area contributed by atoms with Gasteiger partial charge in [0.2, 0.25) is 15.9 Å². The lowest BCUT2D eigenvalue weighted by Gasteiger charge is -2.18. The molecule has 1 fully saturated rings. The lowest BCUT2D eigenvalue weighted by atomic mass is 10.2. The van der Waals surface area contributed by atoms with Crippen molar-refractivity contribution in [2.45, 2.75) is 24.3 Å². The van der Waals surface area contributed by atoms with Gasteiger partial charge in [-0.05, 0) is 55.3 Å². The zero-order chi connectivity index (χ0) is 19.8. The summed E-state index contributed by atoms with van der Waals surface area (Å²) in [6, 6.07) is 7.52. The molecule has 27 heavy (non-hydrogen) atoms. The normalized spacial score (nSPS) is 17.4. The van der Waals surface area contributed by atoms with E-state index in [1.54, 1.807) is 13.0 Å². The van der Waals surface area contributed by atoms with E-state index in [0.717, 1.165) is 0 Å². The highest BCUT2D eigenvalue weighted by atomic mass is 35.5. The molecule has 0 bridgehead atoms. The number of nitrogens with zero attached hydrogens (tertiary/aromatic N) is 1. The smallest absolute Gasteiger partial charge is 0.245 e. The molecule has 0 aliphatic carbocycles. The lowest BCUT2D eigenvalue weighted by molar-refractivity contribution is -0.118. The van der Waals surface area contributed by atoms with Crippen molar-refractivity contribution in [3.8, 4) is 5.75 Å². The molecule has 1 atom stereocenters. The van der Waals surface area contributed by atoms with E-state index in [9.17, 15) is 17.6 Å². The van der Waals surface area contributed by atoms with Crippen LogP contribution in [0.1, 0.15) is 12.0 Å². The summed E-state index contributed by atoms with van der Waals surface area (Å²) in [6.07, 6.45) is 0.304. The second kappa shape index (κ2) is 7.46. The van der Waals surface area contributed by atoms with E-state index >= 15 is 0 Å². The Morgan fingerprint density at radius 2 is 2.00 bits per heavy atom. The number of benzene rings is 2. The summed E-state index contributed by atoms with van der Waals surface area (Å²) in [5.74, 6) is -0.395. The first-order valence-corrected chi connectivity index (χ1v) is 10.0. The third-order valence-corrected chi connectivity index (χ3v) is 6.15. The zero-order valence-corrected chi connectivity index (χ0v) is 16.3. The van der Waals surface area contributed by atoms with E-state index in [1.807, 2.05) is 0 Å². The van der Waals surface area contributed by atoms with E-state index in [0.29, 0.717) is 30.0 Å². The molecule has 6 nitrogen and oxygen atoms in total. The third-order valence-electron chi connectivity index (χ3n) is 4.39. The number of aryl methyl sites for hydroxylation is 1. The third kappa shape index (κ3) is 3.92. The van der Waals surface area contributed by atoms with E-state index in [1.165, 1.54) is 42.3 Å². The number of ether oxygens (including phenoxy) is 1. The van der Waals surface area contributed by atoms with Crippen LogP contribution in [0.2, 0.25) is 5.02 Å². The Morgan fingerprint density at radius 3 is 2.63 bits per heavy atom. The van der Waals surface area contributed by atoms with Gasteiger partial charge >= 0.3 is 0 Å². The maximum atomic E-state index is 13.4. The number of anilines is 1. The Kier molecular flexibility index (Phi) is 5.41. The largest absolute Gasteiger partial charge is 0.495 e. The van der Waals surface area contributed by atoms with Gasteiger partial charge in [0, 0.05) is 12.2 Å². The summed E-state index contributed by atoms with van der Waals surface area (Å²) >= 11 is 5.99. The molecular formula is C18H18ClFN2O4S. The molecule has 0 saturated carbocycles. The highest BCUT2D eigenvalue weighted by Crippen LogP contribution is 2.28. The number of amides is 1. The summed E-state index contributed by atoms with van der Waals surface area (Å²) < 4.78 is 46.1. The summed E-state index contributed by atoms with van der Waals surface area (Å²) in [6.45, 7) is 1.94. The van der Waals surface area contributed by atoms with Crippen molar-refractivity contribution in [2.75, 3.05) is 18.6 Å². The van der Waals surface area contributed by atoms with Crippen LogP contribution in [0.3, 0.4) is 0 Å². The van der Waals surface area contributed by atoms with Crippen LogP contribution in [0, 0.1) is 12.7 Å². The average Bonchev–Trinajstić information content (AvgIpc) is 2.97. The topological polar surface area (TPSA) is 75.7 Å². The number of carbonyl (C=O) groups excluding carboxylic acids is 1. The number of carbonyl (C=O) groups is 1. The Hall–Kier alpha value is -2.16. The van der Waals surface area contributed by atoms with Gasteiger partial charge in [-0.1, -0.05) is 11.6 Å². The number of hydrogen-bond donors (Lipinski definition) is 1. The Labute approximate surface area is 161 Å². The number of methoxy groups -OCH3 is 1. The van der Waals surface area contributed by atoms with Gasteiger partial charge in [0.1, 0.15) is 17.6 Å². The van der Waals surface area contributed by atoms with Gasteiger partial charge in [-0.15, -0.1) is 0 Å². The molecule has 3 rings (SSSR count). The monoisotopic (exact) mass is 412 g/mol. The maximum absolute atomic E-state index is 13.4. The van der Waals surface area contributed by atoms with Gasteiger partial charge < -0.3 is 9.64 Å². The van der Waals surface area contributed by atoms with Crippen LogP contribution >= 0.6 is 11.6 Å². The number of hydrogen-bond acceptors (Lipinski definition) is 4. The SMILES string of the molecule is COc1ccc(S(=O)(=O)NC2CCN(c3ccc(F)c(C)c3)C2=O)cc1Cl. The summed E-state index contributed by atoms with van der Waals surface area (Å²) in [7, 11) is -2.51. The first-order chi connectivity index (χ1) is 12.7. The van der Waals surface area contributed by atoms with Crippen LogP contribution < -0.4 is 14.4 Å². The first kappa shape index (κ1) is 19.6. The summed E-state index contributed by atoms with van der Waals surface area (Å²) in [5, 5.41) is 0.154. The maximum Gasteiger partial charge on any atom is 0.245 e. The molecule has 0 spiro atoms.